The highest BCUT2D eigenvalue weighted by Gasteiger charge is 1.99. The van der Waals surface area contributed by atoms with Gasteiger partial charge in [0.1, 0.15) is 4.99 Å². The first-order valence-corrected chi connectivity index (χ1v) is 4.20. The number of thiocarbonyl (C=S) groups is 1. The zero-order valence-electron chi connectivity index (χ0n) is 7.61. The average molecular weight is 196 g/mol. The van der Waals surface area contributed by atoms with Crippen LogP contribution in [0, 0.1) is 0 Å². The van der Waals surface area contributed by atoms with Crippen molar-refractivity contribution in [1.82, 2.24) is 9.99 Å². The van der Waals surface area contributed by atoms with Crippen molar-refractivity contribution in [2.75, 3.05) is 19.5 Å². The highest BCUT2D eigenvalue weighted by Crippen LogP contribution is 2.07. The van der Waals surface area contributed by atoms with Gasteiger partial charge in [0.15, 0.2) is 0 Å². The number of nitrogens with two attached hydrogens (primary N) is 1. The largest absolute Gasteiger partial charge is 0.388 e. The molecule has 0 aliphatic carbocycles. The van der Waals surface area contributed by atoms with Crippen molar-refractivity contribution >= 4 is 22.9 Å². The second kappa shape index (κ2) is 4.15. The van der Waals surface area contributed by atoms with Crippen LogP contribution >= 0.6 is 12.2 Å². The fourth-order valence-electron chi connectivity index (χ4n) is 0.893. The summed E-state index contributed by atoms with van der Waals surface area (Å²) >= 11 is 4.81. The third-order valence-electron chi connectivity index (χ3n) is 1.37. The van der Waals surface area contributed by atoms with E-state index in [2.05, 4.69) is 10.4 Å². The van der Waals surface area contributed by atoms with Crippen LogP contribution in [0.2, 0.25) is 0 Å². The zero-order chi connectivity index (χ0) is 9.84. The Labute approximate surface area is 82.7 Å². The van der Waals surface area contributed by atoms with Gasteiger partial charge >= 0.3 is 0 Å². The SMILES string of the molecule is CN(C)Nc1ccnc(C(N)=S)c1. The molecule has 1 heterocycles. The maximum Gasteiger partial charge on any atom is 0.122 e. The van der Waals surface area contributed by atoms with Gasteiger partial charge in [-0.15, -0.1) is 0 Å². The van der Waals surface area contributed by atoms with E-state index in [1.165, 1.54) is 0 Å². The van der Waals surface area contributed by atoms with E-state index < -0.39 is 0 Å². The number of hydrazine groups is 1. The summed E-state index contributed by atoms with van der Waals surface area (Å²) in [6.45, 7) is 0. The topological polar surface area (TPSA) is 54.2 Å². The number of rotatable bonds is 3. The Bertz CT molecular complexity index is 311. The van der Waals surface area contributed by atoms with Gasteiger partial charge in [-0.05, 0) is 12.1 Å². The minimum absolute atomic E-state index is 0.308. The molecule has 70 valence electrons. The predicted molar refractivity (Wildman–Crippen MR) is 57.4 cm³/mol. The van der Waals surface area contributed by atoms with Gasteiger partial charge in [-0.1, -0.05) is 12.2 Å². The summed E-state index contributed by atoms with van der Waals surface area (Å²) in [5, 5.41) is 1.83. The Morgan fingerprint density at radius 2 is 2.31 bits per heavy atom. The van der Waals surface area contributed by atoms with E-state index in [0.717, 1.165) is 5.69 Å². The molecule has 0 aliphatic heterocycles. The van der Waals surface area contributed by atoms with Gasteiger partial charge in [0.05, 0.1) is 11.4 Å². The van der Waals surface area contributed by atoms with E-state index in [-0.39, 0.29) is 0 Å². The molecule has 1 rings (SSSR count). The van der Waals surface area contributed by atoms with E-state index in [1.54, 1.807) is 6.20 Å². The third kappa shape index (κ3) is 2.96. The summed E-state index contributed by atoms with van der Waals surface area (Å²) in [5.41, 5.74) is 10.1. The minimum Gasteiger partial charge on any atom is -0.388 e. The third-order valence-corrected chi connectivity index (χ3v) is 1.57. The summed E-state index contributed by atoms with van der Waals surface area (Å²) in [5.74, 6) is 0. The molecular weight excluding hydrogens is 184 g/mol. The van der Waals surface area contributed by atoms with Crippen molar-refractivity contribution in [1.29, 1.82) is 0 Å². The molecule has 0 amide bonds. The molecule has 4 nitrogen and oxygen atoms in total. The summed E-state index contributed by atoms with van der Waals surface area (Å²) in [7, 11) is 3.81. The van der Waals surface area contributed by atoms with E-state index in [4.69, 9.17) is 18.0 Å². The van der Waals surface area contributed by atoms with Crippen molar-refractivity contribution in [3.8, 4) is 0 Å². The van der Waals surface area contributed by atoms with Gasteiger partial charge < -0.3 is 11.2 Å². The molecule has 0 saturated carbocycles. The summed E-state index contributed by atoms with van der Waals surface area (Å²) < 4.78 is 0. The van der Waals surface area contributed by atoms with Crippen LogP contribution in [0.4, 0.5) is 5.69 Å². The molecule has 0 unspecified atom stereocenters. The number of hydrogen-bond donors (Lipinski definition) is 2. The quantitative estimate of drug-likeness (QED) is 0.548. The molecule has 0 bridgehead atoms. The van der Waals surface area contributed by atoms with Gasteiger partial charge in [0.2, 0.25) is 0 Å². The maximum absolute atomic E-state index is 5.44. The molecule has 0 aromatic carbocycles. The first-order chi connectivity index (χ1) is 6.09. The molecule has 13 heavy (non-hydrogen) atoms. The fourth-order valence-corrected chi connectivity index (χ4v) is 1.00. The van der Waals surface area contributed by atoms with Gasteiger partial charge in [0, 0.05) is 20.3 Å². The standard InChI is InChI=1S/C8H12N4S/c1-12(2)11-6-3-4-10-7(5-6)8(9)13/h3-5H,1-2H3,(H2,9,13)(H,10,11). The molecule has 1 aromatic heterocycles. The molecule has 0 saturated heterocycles. The van der Waals surface area contributed by atoms with E-state index in [9.17, 15) is 0 Å². The molecule has 0 aliphatic rings. The number of anilines is 1. The lowest BCUT2D eigenvalue weighted by molar-refractivity contribution is 0.495. The zero-order valence-corrected chi connectivity index (χ0v) is 8.43. The second-order valence-corrected chi connectivity index (χ2v) is 3.24. The molecule has 0 fully saturated rings. The molecule has 1 aromatic rings. The van der Waals surface area contributed by atoms with Crippen LogP contribution in [0.15, 0.2) is 18.3 Å². The number of pyridine rings is 1. The number of nitrogens with zero attached hydrogens (tertiary/aromatic N) is 2. The number of nitrogens with one attached hydrogen (secondary N) is 1. The van der Waals surface area contributed by atoms with Crippen molar-refractivity contribution in [3.63, 3.8) is 0 Å². The highest BCUT2D eigenvalue weighted by atomic mass is 32.1. The van der Waals surface area contributed by atoms with Crippen molar-refractivity contribution in [2.24, 2.45) is 5.73 Å². The smallest absolute Gasteiger partial charge is 0.122 e. The molecular formula is C8H12N4S. The van der Waals surface area contributed by atoms with Crippen LogP contribution in [0.5, 0.6) is 0 Å². The van der Waals surface area contributed by atoms with Gasteiger partial charge in [-0.3, -0.25) is 4.98 Å². The monoisotopic (exact) mass is 196 g/mol. The maximum atomic E-state index is 5.44. The Hall–Kier alpha value is -1.20. The van der Waals surface area contributed by atoms with Crippen LogP contribution in [0.1, 0.15) is 5.69 Å². The molecule has 0 atom stereocenters. The van der Waals surface area contributed by atoms with Gasteiger partial charge in [-0.25, -0.2) is 5.01 Å². The summed E-state index contributed by atoms with van der Waals surface area (Å²) in [6.07, 6.45) is 1.67. The van der Waals surface area contributed by atoms with Crippen LogP contribution in [-0.2, 0) is 0 Å². The van der Waals surface area contributed by atoms with E-state index in [1.807, 2.05) is 31.2 Å². The fraction of sp³-hybridized carbons (Fsp3) is 0.250. The first kappa shape index (κ1) is 9.88. The van der Waals surface area contributed by atoms with Crippen molar-refractivity contribution in [3.05, 3.63) is 24.0 Å². The van der Waals surface area contributed by atoms with Crippen LogP contribution in [-0.4, -0.2) is 29.1 Å². The lowest BCUT2D eigenvalue weighted by Crippen LogP contribution is -2.20. The first-order valence-electron chi connectivity index (χ1n) is 3.79. The van der Waals surface area contributed by atoms with Crippen molar-refractivity contribution in [2.45, 2.75) is 0 Å². The molecule has 0 spiro atoms. The number of aromatic nitrogens is 1. The minimum atomic E-state index is 0.308. The van der Waals surface area contributed by atoms with Crippen LogP contribution < -0.4 is 11.2 Å². The number of hydrogen-bond acceptors (Lipinski definition) is 4. The van der Waals surface area contributed by atoms with Gasteiger partial charge in [-0.2, -0.15) is 0 Å². The van der Waals surface area contributed by atoms with Crippen molar-refractivity contribution < 1.29 is 0 Å². The molecule has 5 heteroatoms. The van der Waals surface area contributed by atoms with Crippen LogP contribution in [0.25, 0.3) is 0 Å². The molecule has 0 radical (unpaired) electrons. The normalized spacial score (nSPS) is 10.1. The second-order valence-electron chi connectivity index (χ2n) is 2.80. The Morgan fingerprint density at radius 3 is 2.85 bits per heavy atom. The van der Waals surface area contributed by atoms with E-state index >= 15 is 0 Å². The van der Waals surface area contributed by atoms with E-state index in [0.29, 0.717) is 10.7 Å². The van der Waals surface area contributed by atoms with Crippen LogP contribution in [0.3, 0.4) is 0 Å². The summed E-state index contributed by atoms with van der Waals surface area (Å²) in [6, 6.07) is 3.66. The lowest BCUT2D eigenvalue weighted by Gasteiger charge is -2.13. The van der Waals surface area contributed by atoms with Gasteiger partial charge in [0.25, 0.3) is 0 Å². The summed E-state index contributed by atoms with van der Waals surface area (Å²) in [4.78, 5) is 4.33. The Morgan fingerprint density at radius 1 is 1.62 bits per heavy atom. The average Bonchev–Trinajstić information content (AvgIpc) is 2.03. The molecule has 3 N–H and O–H groups in total. The Kier molecular flexibility index (Phi) is 3.16. The highest BCUT2D eigenvalue weighted by molar-refractivity contribution is 7.80. The predicted octanol–water partition coefficient (Wildman–Crippen LogP) is 0.604. The Balaban J connectivity index is 2.85. The lowest BCUT2D eigenvalue weighted by atomic mass is 10.3.